The lowest BCUT2D eigenvalue weighted by Gasteiger charge is -1.95. The summed E-state index contributed by atoms with van der Waals surface area (Å²) in [5.74, 6) is 1.32. The van der Waals surface area contributed by atoms with Crippen molar-refractivity contribution in [3.63, 3.8) is 0 Å². The van der Waals surface area contributed by atoms with E-state index in [2.05, 4.69) is 15.0 Å². The molecule has 1 heterocycles. The number of imidazole rings is 1. The Morgan fingerprint density at radius 2 is 2.21 bits per heavy atom. The van der Waals surface area contributed by atoms with Crippen molar-refractivity contribution in [1.82, 2.24) is 9.97 Å². The predicted octanol–water partition coefficient (Wildman–Crippen LogP) is 1.83. The second kappa shape index (κ2) is 6.88. The number of aromatic nitrogens is 2. The number of aromatic amines is 1. The van der Waals surface area contributed by atoms with Crippen LogP contribution < -0.4 is 5.73 Å². The zero-order valence-electron chi connectivity index (χ0n) is 9.20. The third-order valence-corrected chi connectivity index (χ3v) is 1.49. The van der Waals surface area contributed by atoms with Crippen LogP contribution in [-0.4, -0.2) is 22.9 Å². The third kappa shape index (κ3) is 3.89. The summed E-state index contributed by atoms with van der Waals surface area (Å²) in [5, 5.41) is 0. The first kappa shape index (κ1) is 12.4. The van der Waals surface area contributed by atoms with E-state index in [0.717, 1.165) is 11.4 Å². The average molecular weight is 194 g/mol. The quantitative estimate of drug-likeness (QED) is 0.557. The molecule has 0 amide bonds. The molecule has 1 aromatic heterocycles. The highest BCUT2D eigenvalue weighted by molar-refractivity contribution is 5.97. The lowest BCUT2D eigenvalue weighted by Crippen LogP contribution is -2.07. The molecule has 0 spiro atoms. The van der Waals surface area contributed by atoms with E-state index in [1.807, 2.05) is 20.8 Å². The number of nitrogens with one attached hydrogen (secondary N) is 1. The van der Waals surface area contributed by atoms with Crippen molar-refractivity contribution < 1.29 is 0 Å². The number of nitrogens with zero attached hydrogens (tertiary/aromatic N) is 2. The molecule has 3 N–H and O–H groups in total. The van der Waals surface area contributed by atoms with E-state index in [1.54, 1.807) is 25.5 Å². The van der Waals surface area contributed by atoms with Crippen LogP contribution in [0.1, 0.15) is 26.6 Å². The maximum absolute atomic E-state index is 5.51. The van der Waals surface area contributed by atoms with E-state index in [0.29, 0.717) is 5.84 Å². The number of amidine groups is 1. The number of allylic oxidation sites excluding steroid dienone is 1. The minimum atomic E-state index is 0.504. The van der Waals surface area contributed by atoms with E-state index in [9.17, 15) is 0 Å². The number of nitrogens with two attached hydrogens (primary N) is 1. The number of aliphatic imine (C=N–C) groups is 1. The van der Waals surface area contributed by atoms with Crippen LogP contribution in [0.3, 0.4) is 0 Å². The summed E-state index contributed by atoms with van der Waals surface area (Å²) < 4.78 is 0. The van der Waals surface area contributed by atoms with Gasteiger partial charge in [-0.2, -0.15) is 0 Å². The van der Waals surface area contributed by atoms with Gasteiger partial charge in [-0.05, 0) is 18.6 Å². The van der Waals surface area contributed by atoms with E-state index >= 15 is 0 Å². The van der Waals surface area contributed by atoms with Crippen LogP contribution >= 0.6 is 0 Å². The van der Waals surface area contributed by atoms with Crippen LogP contribution in [-0.2, 0) is 0 Å². The highest BCUT2D eigenvalue weighted by Gasteiger charge is 1.96. The van der Waals surface area contributed by atoms with E-state index in [1.165, 1.54) is 0 Å². The minimum absolute atomic E-state index is 0.504. The molecule has 1 rings (SSSR count). The van der Waals surface area contributed by atoms with Crippen LogP contribution in [0.25, 0.3) is 5.57 Å². The normalized spacial score (nSPS) is 12.0. The number of H-pyrrole nitrogens is 1. The van der Waals surface area contributed by atoms with Gasteiger partial charge >= 0.3 is 0 Å². The molecule has 0 aliphatic carbocycles. The molecule has 0 aliphatic rings. The molecule has 14 heavy (non-hydrogen) atoms. The largest absolute Gasteiger partial charge is 0.384 e. The van der Waals surface area contributed by atoms with Gasteiger partial charge in [0.15, 0.2) is 0 Å². The SMILES string of the molecule is CC.CN=C(N)/C=C(/C)c1ncc[nH]1. The molecule has 4 nitrogen and oxygen atoms in total. The van der Waals surface area contributed by atoms with Crippen LogP contribution in [0.5, 0.6) is 0 Å². The number of hydrogen-bond donors (Lipinski definition) is 2. The molecule has 0 saturated heterocycles. The van der Waals surface area contributed by atoms with Gasteiger partial charge in [-0.15, -0.1) is 0 Å². The highest BCUT2D eigenvalue weighted by Crippen LogP contribution is 2.05. The first-order valence-corrected chi connectivity index (χ1v) is 4.64. The van der Waals surface area contributed by atoms with Crippen LogP contribution in [0.4, 0.5) is 0 Å². The van der Waals surface area contributed by atoms with Crippen molar-refractivity contribution in [2.24, 2.45) is 10.7 Å². The molecule has 0 aliphatic heterocycles. The van der Waals surface area contributed by atoms with Crippen molar-refractivity contribution in [3.8, 4) is 0 Å². The summed E-state index contributed by atoms with van der Waals surface area (Å²) in [7, 11) is 1.65. The van der Waals surface area contributed by atoms with Gasteiger partial charge in [0.25, 0.3) is 0 Å². The first-order chi connectivity index (χ1) is 6.74. The highest BCUT2D eigenvalue weighted by atomic mass is 14.9. The van der Waals surface area contributed by atoms with Crippen LogP contribution in [0.15, 0.2) is 23.5 Å². The molecule has 0 unspecified atom stereocenters. The maximum atomic E-state index is 5.51. The zero-order valence-corrected chi connectivity index (χ0v) is 9.20. The molecule has 0 bridgehead atoms. The smallest absolute Gasteiger partial charge is 0.133 e. The van der Waals surface area contributed by atoms with Gasteiger partial charge in [-0.1, -0.05) is 13.8 Å². The van der Waals surface area contributed by atoms with Crippen molar-refractivity contribution >= 4 is 11.4 Å². The van der Waals surface area contributed by atoms with Gasteiger partial charge in [0, 0.05) is 19.4 Å². The van der Waals surface area contributed by atoms with Crippen molar-refractivity contribution in [2.75, 3.05) is 7.05 Å². The molecule has 4 heteroatoms. The number of hydrogen-bond acceptors (Lipinski definition) is 2. The fraction of sp³-hybridized carbons (Fsp3) is 0.400. The lowest BCUT2D eigenvalue weighted by atomic mass is 10.2. The van der Waals surface area contributed by atoms with Gasteiger partial charge in [-0.3, -0.25) is 4.99 Å². The second-order valence-corrected chi connectivity index (χ2v) is 2.41. The second-order valence-electron chi connectivity index (χ2n) is 2.41. The summed E-state index contributed by atoms with van der Waals surface area (Å²) >= 11 is 0. The Morgan fingerprint density at radius 3 is 2.64 bits per heavy atom. The summed E-state index contributed by atoms with van der Waals surface area (Å²) in [4.78, 5) is 10.9. The van der Waals surface area contributed by atoms with Crippen LogP contribution in [0, 0.1) is 0 Å². The first-order valence-electron chi connectivity index (χ1n) is 4.64. The molecular formula is C10H18N4. The molecule has 0 saturated carbocycles. The molecule has 1 aromatic rings. The Hall–Kier alpha value is -1.58. The van der Waals surface area contributed by atoms with Gasteiger partial charge in [-0.25, -0.2) is 4.98 Å². The summed E-state index contributed by atoms with van der Waals surface area (Å²) in [6, 6.07) is 0. The van der Waals surface area contributed by atoms with E-state index in [-0.39, 0.29) is 0 Å². The van der Waals surface area contributed by atoms with Gasteiger partial charge < -0.3 is 10.7 Å². The monoisotopic (exact) mass is 194 g/mol. The molecule has 0 atom stereocenters. The van der Waals surface area contributed by atoms with Gasteiger partial charge in [0.1, 0.15) is 11.7 Å². The molecular weight excluding hydrogens is 176 g/mol. The Kier molecular flexibility index (Phi) is 6.11. The van der Waals surface area contributed by atoms with Gasteiger partial charge in [0.2, 0.25) is 0 Å². The summed E-state index contributed by atoms with van der Waals surface area (Å²) in [5.41, 5.74) is 6.49. The standard InChI is InChI=1S/C8H12N4.C2H6/c1-6(5-7(9)10-2)8-11-3-4-12-8;1-2/h3-5H,1-2H3,(H2,9,10)(H,11,12);1-2H3/b6-5-;. The Morgan fingerprint density at radius 1 is 1.57 bits per heavy atom. The molecule has 0 radical (unpaired) electrons. The predicted molar refractivity (Wildman–Crippen MR) is 61.1 cm³/mol. The third-order valence-electron chi connectivity index (χ3n) is 1.49. The molecule has 0 aromatic carbocycles. The topological polar surface area (TPSA) is 67.1 Å². The van der Waals surface area contributed by atoms with Crippen LogP contribution in [0.2, 0.25) is 0 Å². The fourth-order valence-electron chi connectivity index (χ4n) is 0.836. The average Bonchev–Trinajstić information content (AvgIpc) is 2.73. The Balaban J connectivity index is 0.000000791. The Labute approximate surface area is 85.0 Å². The maximum Gasteiger partial charge on any atom is 0.133 e. The zero-order chi connectivity index (χ0) is 11.0. The number of rotatable bonds is 2. The summed E-state index contributed by atoms with van der Waals surface area (Å²) in [6.07, 6.45) is 5.25. The van der Waals surface area contributed by atoms with Crippen molar-refractivity contribution in [1.29, 1.82) is 0 Å². The molecule has 0 fully saturated rings. The molecule has 78 valence electrons. The lowest BCUT2D eigenvalue weighted by molar-refractivity contribution is 1.23. The van der Waals surface area contributed by atoms with Crippen molar-refractivity contribution in [2.45, 2.75) is 20.8 Å². The minimum Gasteiger partial charge on any atom is -0.384 e. The fourth-order valence-corrected chi connectivity index (χ4v) is 0.836. The summed E-state index contributed by atoms with van der Waals surface area (Å²) in [6.45, 7) is 5.93. The van der Waals surface area contributed by atoms with Gasteiger partial charge in [0.05, 0.1) is 0 Å². The van der Waals surface area contributed by atoms with E-state index < -0.39 is 0 Å². The Bertz CT molecular complexity index is 296. The van der Waals surface area contributed by atoms with Crippen molar-refractivity contribution in [3.05, 3.63) is 24.3 Å². The van der Waals surface area contributed by atoms with E-state index in [4.69, 9.17) is 5.73 Å².